The Morgan fingerprint density at radius 2 is 1.71 bits per heavy atom. The summed E-state index contributed by atoms with van der Waals surface area (Å²) in [5.41, 5.74) is 4.96. The van der Waals surface area contributed by atoms with Crippen LogP contribution >= 0.6 is 15.9 Å². The highest BCUT2D eigenvalue weighted by atomic mass is 79.9. The molecule has 0 spiro atoms. The number of hydrogen-bond donors (Lipinski definition) is 1. The molecular formula is C12H8BrN3O5. The van der Waals surface area contributed by atoms with Crippen molar-refractivity contribution in [1.29, 1.82) is 0 Å². The average Bonchev–Trinajstić information content (AvgIpc) is 2.40. The van der Waals surface area contributed by atoms with Crippen LogP contribution in [-0.2, 0) is 0 Å². The maximum Gasteiger partial charge on any atom is 0.312 e. The highest BCUT2D eigenvalue weighted by molar-refractivity contribution is 9.10. The van der Waals surface area contributed by atoms with E-state index in [9.17, 15) is 20.2 Å². The number of halogens is 1. The number of ether oxygens (including phenoxy) is 1. The van der Waals surface area contributed by atoms with E-state index in [1.807, 2.05) is 0 Å². The van der Waals surface area contributed by atoms with Crippen molar-refractivity contribution in [3.05, 3.63) is 61.1 Å². The van der Waals surface area contributed by atoms with E-state index < -0.39 is 9.85 Å². The molecule has 0 aliphatic heterocycles. The minimum atomic E-state index is -0.625. The van der Waals surface area contributed by atoms with Gasteiger partial charge in [-0.1, -0.05) is 6.07 Å². The average molecular weight is 354 g/mol. The fourth-order valence-electron chi connectivity index (χ4n) is 1.62. The fraction of sp³-hybridized carbons (Fsp3) is 0. The molecule has 108 valence electrons. The molecule has 0 saturated carbocycles. The number of para-hydroxylation sites is 1. The first-order valence-electron chi connectivity index (χ1n) is 5.55. The zero-order valence-corrected chi connectivity index (χ0v) is 11.9. The van der Waals surface area contributed by atoms with Crippen LogP contribution in [0.2, 0.25) is 0 Å². The highest BCUT2D eigenvalue weighted by Crippen LogP contribution is 2.39. The minimum Gasteiger partial charge on any atom is -0.449 e. The summed E-state index contributed by atoms with van der Waals surface area (Å²) in [6.07, 6.45) is 0. The van der Waals surface area contributed by atoms with Crippen LogP contribution in [0.4, 0.5) is 17.1 Å². The van der Waals surface area contributed by atoms with Gasteiger partial charge in [0.1, 0.15) is 11.4 Å². The lowest BCUT2D eigenvalue weighted by Gasteiger charge is -2.08. The molecule has 0 heterocycles. The van der Waals surface area contributed by atoms with Crippen LogP contribution in [0.3, 0.4) is 0 Å². The number of benzene rings is 2. The Labute approximate surface area is 126 Å². The van der Waals surface area contributed by atoms with E-state index in [0.717, 1.165) is 0 Å². The Morgan fingerprint density at radius 3 is 2.29 bits per heavy atom. The molecule has 0 aliphatic carbocycles. The number of nitrogens with two attached hydrogens (primary N) is 1. The van der Waals surface area contributed by atoms with Gasteiger partial charge in [-0.15, -0.1) is 0 Å². The molecule has 0 amide bonds. The van der Waals surface area contributed by atoms with E-state index in [1.165, 1.54) is 30.3 Å². The third-order valence-corrected chi connectivity index (χ3v) is 3.18. The summed E-state index contributed by atoms with van der Waals surface area (Å²) in [7, 11) is 0. The Hall–Kier alpha value is -2.68. The summed E-state index contributed by atoms with van der Waals surface area (Å²) in [6, 6.07) is 8.09. The minimum absolute atomic E-state index is 0.00393. The smallest absolute Gasteiger partial charge is 0.312 e. The van der Waals surface area contributed by atoms with E-state index in [4.69, 9.17) is 10.5 Å². The molecule has 0 unspecified atom stereocenters. The second-order valence-electron chi connectivity index (χ2n) is 3.92. The molecule has 0 fully saturated rings. The van der Waals surface area contributed by atoms with Crippen LogP contribution in [-0.4, -0.2) is 9.85 Å². The van der Waals surface area contributed by atoms with Crippen molar-refractivity contribution < 1.29 is 14.6 Å². The van der Waals surface area contributed by atoms with Crippen molar-refractivity contribution >= 4 is 33.0 Å². The summed E-state index contributed by atoms with van der Waals surface area (Å²) in [4.78, 5) is 20.4. The van der Waals surface area contributed by atoms with Crippen LogP contribution < -0.4 is 10.5 Å². The largest absolute Gasteiger partial charge is 0.449 e. The molecule has 9 heteroatoms. The molecule has 2 aromatic rings. The lowest BCUT2D eigenvalue weighted by atomic mass is 10.2. The molecule has 0 saturated heterocycles. The summed E-state index contributed by atoms with van der Waals surface area (Å²) < 4.78 is 5.81. The fourth-order valence-corrected chi connectivity index (χ4v) is 2.06. The van der Waals surface area contributed by atoms with Gasteiger partial charge in [0.25, 0.3) is 5.69 Å². The van der Waals surface area contributed by atoms with Crippen molar-refractivity contribution in [3.8, 4) is 11.5 Å². The lowest BCUT2D eigenvalue weighted by molar-refractivity contribution is -0.385. The maximum atomic E-state index is 11.0. The van der Waals surface area contributed by atoms with Crippen LogP contribution in [0, 0.1) is 20.2 Å². The SMILES string of the molecule is Nc1cc(Oc2c(Br)cccc2[N+](=O)[O-])ccc1[N+](=O)[O-]. The number of nitro benzene ring substituents is 2. The van der Waals surface area contributed by atoms with Crippen molar-refractivity contribution in [2.24, 2.45) is 0 Å². The summed E-state index contributed by atoms with van der Waals surface area (Å²) in [5.74, 6) is 0.156. The first kappa shape index (κ1) is 14.7. The van der Waals surface area contributed by atoms with Crippen molar-refractivity contribution in [3.63, 3.8) is 0 Å². The van der Waals surface area contributed by atoms with Gasteiger partial charge in [0.2, 0.25) is 5.75 Å². The van der Waals surface area contributed by atoms with Gasteiger partial charge in [-0.2, -0.15) is 0 Å². The summed E-state index contributed by atoms with van der Waals surface area (Å²) >= 11 is 3.16. The van der Waals surface area contributed by atoms with Crippen LogP contribution in [0.15, 0.2) is 40.9 Å². The molecule has 0 bridgehead atoms. The maximum absolute atomic E-state index is 11.0. The van der Waals surface area contributed by atoms with E-state index in [2.05, 4.69) is 15.9 Å². The predicted octanol–water partition coefficient (Wildman–Crippen LogP) is 3.64. The molecule has 2 aromatic carbocycles. The number of anilines is 1. The molecule has 0 aromatic heterocycles. The third-order valence-electron chi connectivity index (χ3n) is 2.56. The molecule has 21 heavy (non-hydrogen) atoms. The molecule has 2 N–H and O–H groups in total. The Morgan fingerprint density at radius 1 is 1.05 bits per heavy atom. The number of nitrogen functional groups attached to an aromatic ring is 1. The van der Waals surface area contributed by atoms with Gasteiger partial charge in [0.15, 0.2) is 0 Å². The van der Waals surface area contributed by atoms with E-state index in [0.29, 0.717) is 4.47 Å². The normalized spacial score (nSPS) is 10.1. The van der Waals surface area contributed by atoms with Crippen LogP contribution in [0.1, 0.15) is 0 Å². The second kappa shape index (κ2) is 5.75. The molecule has 0 radical (unpaired) electrons. The van der Waals surface area contributed by atoms with Gasteiger partial charge >= 0.3 is 5.69 Å². The summed E-state index contributed by atoms with van der Waals surface area (Å²) in [5, 5.41) is 21.6. The third kappa shape index (κ3) is 3.08. The van der Waals surface area contributed by atoms with E-state index in [-0.39, 0.29) is 28.6 Å². The topological polar surface area (TPSA) is 122 Å². The quantitative estimate of drug-likeness (QED) is 0.508. The first-order chi connectivity index (χ1) is 9.90. The van der Waals surface area contributed by atoms with E-state index >= 15 is 0 Å². The number of rotatable bonds is 4. The monoisotopic (exact) mass is 353 g/mol. The van der Waals surface area contributed by atoms with E-state index in [1.54, 1.807) is 6.07 Å². The molecule has 8 nitrogen and oxygen atoms in total. The highest BCUT2D eigenvalue weighted by Gasteiger charge is 2.20. The number of hydrogen-bond acceptors (Lipinski definition) is 6. The van der Waals surface area contributed by atoms with Crippen molar-refractivity contribution in [2.45, 2.75) is 0 Å². The van der Waals surface area contributed by atoms with Crippen LogP contribution in [0.5, 0.6) is 11.5 Å². The predicted molar refractivity (Wildman–Crippen MR) is 78.4 cm³/mol. The Bertz CT molecular complexity index is 735. The Balaban J connectivity index is 2.41. The second-order valence-corrected chi connectivity index (χ2v) is 4.78. The lowest BCUT2D eigenvalue weighted by Crippen LogP contribution is -1.97. The van der Waals surface area contributed by atoms with Crippen molar-refractivity contribution in [1.82, 2.24) is 0 Å². The molecule has 0 aliphatic rings. The van der Waals surface area contributed by atoms with Gasteiger partial charge in [-0.3, -0.25) is 20.2 Å². The Kier molecular flexibility index (Phi) is 4.03. The summed E-state index contributed by atoms with van der Waals surface area (Å²) in [6.45, 7) is 0. The number of nitro groups is 2. The van der Waals surface area contributed by atoms with Gasteiger partial charge in [0, 0.05) is 18.2 Å². The molecule has 2 rings (SSSR count). The zero-order chi connectivity index (χ0) is 15.6. The zero-order valence-electron chi connectivity index (χ0n) is 10.4. The molecular weight excluding hydrogens is 346 g/mol. The van der Waals surface area contributed by atoms with Gasteiger partial charge < -0.3 is 10.5 Å². The van der Waals surface area contributed by atoms with Crippen LogP contribution in [0.25, 0.3) is 0 Å². The van der Waals surface area contributed by atoms with Gasteiger partial charge in [-0.05, 0) is 28.1 Å². The number of nitrogens with zero attached hydrogens (tertiary/aromatic N) is 2. The van der Waals surface area contributed by atoms with Crippen molar-refractivity contribution in [2.75, 3.05) is 5.73 Å². The standard InChI is InChI=1S/C12H8BrN3O5/c13-8-2-1-3-11(16(19)20)12(8)21-7-4-5-10(15(17)18)9(14)6-7/h1-6H,14H2. The first-order valence-corrected chi connectivity index (χ1v) is 6.34. The van der Waals surface area contributed by atoms with Gasteiger partial charge in [0.05, 0.1) is 14.3 Å². The van der Waals surface area contributed by atoms with Gasteiger partial charge in [-0.25, -0.2) is 0 Å². The molecule has 0 atom stereocenters.